The van der Waals surface area contributed by atoms with Crippen molar-refractivity contribution in [2.45, 2.75) is 9.79 Å². The minimum atomic E-state index is -1.06. The fourth-order valence-corrected chi connectivity index (χ4v) is 3.43. The van der Waals surface area contributed by atoms with Crippen LogP contribution in [0.1, 0.15) is 10.4 Å². The van der Waals surface area contributed by atoms with Crippen LogP contribution in [-0.2, 0) is 4.79 Å². The standard InChI is InChI=1S/C23H17N3O3S/c24-14-17(15-25-18-8-6-7-16(13-18)23(28)29)22(27)26-20-11-4-5-12-21(20)30-19-9-2-1-3-10-19/h1-13,15,25H,(H,26,27)(H,28,29)/b17-15-. The SMILES string of the molecule is N#C/C(=C/Nc1cccc(C(=O)O)c1)C(=O)Nc1ccccc1Sc1ccccc1. The summed E-state index contributed by atoms with van der Waals surface area (Å²) in [6, 6.07) is 25.0. The quantitative estimate of drug-likeness (QED) is 0.371. The molecule has 0 unspecified atom stereocenters. The largest absolute Gasteiger partial charge is 0.478 e. The summed E-state index contributed by atoms with van der Waals surface area (Å²) < 4.78 is 0. The van der Waals surface area contributed by atoms with Gasteiger partial charge in [0.15, 0.2) is 0 Å². The summed E-state index contributed by atoms with van der Waals surface area (Å²) >= 11 is 1.50. The second kappa shape index (κ2) is 9.96. The van der Waals surface area contributed by atoms with Crippen molar-refractivity contribution in [1.82, 2.24) is 0 Å². The molecular formula is C23H17N3O3S. The van der Waals surface area contributed by atoms with Gasteiger partial charge < -0.3 is 15.7 Å². The molecule has 0 aliphatic rings. The zero-order valence-electron chi connectivity index (χ0n) is 15.7. The van der Waals surface area contributed by atoms with Crippen molar-refractivity contribution in [1.29, 1.82) is 5.26 Å². The Labute approximate surface area is 177 Å². The maximum atomic E-state index is 12.6. The maximum Gasteiger partial charge on any atom is 0.335 e. The lowest BCUT2D eigenvalue weighted by atomic mass is 10.2. The van der Waals surface area contributed by atoms with Crippen LogP contribution < -0.4 is 10.6 Å². The predicted octanol–water partition coefficient (Wildman–Crippen LogP) is 4.99. The number of benzene rings is 3. The third kappa shape index (κ3) is 5.50. The molecular weight excluding hydrogens is 398 g/mol. The highest BCUT2D eigenvalue weighted by Gasteiger charge is 2.12. The molecule has 0 saturated heterocycles. The molecule has 0 aliphatic heterocycles. The van der Waals surface area contributed by atoms with Gasteiger partial charge in [-0.15, -0.1) is 0 Å². The van der Waals surface area contributed by atoms with Crippen molar-refractivity contribution in [3.05, 3.63) is 96.2 Å². The van der Waals surface area contributed by atoms with Gasteiger partial charge in [0.25, 0.3) is 5.91 Å². The van der Waals surface area contributed by atoms with Crippen LogP contribution in [0.2, 0.25) is 0 Å². The number of aromatic carboxylic acids is 1. The van der Waals surface area contributed by atoms with Crippen LogP contribution in [0, 0.1) is 11.3 Å². The van der Waals surface area contributed by atoms with Crippen LogP contribution in [0.3, 0.4) is 0 Å². The van der Waals surface area contributed by atoms with Crippen molar-refractivity contribution in [2.75, 3.05) is 10.6 Å². The monoisotopic (exact) mass is 415 g/mol. The van der Waals surface area contributed by atoms with Gasteiger partial charge in [0, 0.05) is 21.7 Å². The van der Waals surface area contributed by atoms with Gasteiger partial charge in [-0.1, -0.05) is 48.2 Å². The molecule has 0 saturated carbocycles. The van der Waals surface area contributed by atoms with Crippen molar-refractivity contribution >= 4 is 35.0 Å². The second-order valence-corrected chi connectivity index (χ2v) is 7.18. The van der Waals surface area contributed by atoms with E-state index in [2.05, 4.69) is 10.6 Å². The fraction of sp³-hybridized carbons (Fsp3) is 0. The number of amides is 1. The van der Waals surface area contributed by atoms with E-state index >= 15 is 0 Å². The second-order valence-electron chi connectivity index (χ2n) is 6.07. The van der Waals surface area contributed by atoms with Gasteiger partial charge in [-0.2, -0.15) is 5.26 Å². The first kappa shape index (κ1) is 20.7. The number of rotatable bonds is 7. The van der Waals surface area contributed by atoms with Gasteiger partial charge >= 0.3 is 5.97 Å². The van der Waals surface area contributed by atoms with Crippen LogP contribution in [0.4, 0.5) is 11.4 Å². The van der Waals surface area contributed by atoms with Gasteiger partial charge in [-0.25, -0.2) is 4.79 Å². The number of carboxylic acid groups (broad SMARTS) is 1. The van der Waals surface area contributed by atoms with Crippen LogP contribution in [0.15, 0.2) is 100 Å². The smallest absolute Gasteiger partial charge is 0.335 e. The number of nitrogens with one attached hydrogen (secondary N) is 2. The van der Waals surface area contributed by atoms with Crippen molar-refractivity contribution in [3.63, 3.8) is 0 Å². The molecule has 7 heteroatoms. The summed E-state index contributed by atoms with van der Waals surface area (Å²) in [5.74, 6) is -1.63. The van der Waals surface area contributed by atoms with Crippen molar-refractivity contribution < 1.29 is 14.7 Å². The lowest BCUT2D eigenvalue weighted by Crippen LogP contribution is -2.15. The number of anilines is 2. The van der Waals surface area contributed by atoms with Crippen molar-refractivity contribution in [2.24, 2.45) is 0 Å². The molecule has 3 aromatic carbocycles. The molecule has 1 amide bonds. The van der Waals surface area contributed by atoms with Crippen LogP contribution in [0.5, 0.6) is 0 Å². The molecule has 0 fully saturated rings. The Kier molecular flexibility index (Phi) is 6.87. The average molecular weight is 415 g/mol. The Morgan fingerprint density at radius 1 is 0.967 bits per heavy atom. The maximum absolute atomic E-state index is 12.6. The van der Waals surface area contributed by atoms with Gasteiger partial charge in [0.2, 0.25) is 0 Å². The molecule has 0 spiro atoms. The first-order chi connectivity index (χ1) is 14.6. The summed E-state index contributed by atoms with van der Waals surface area (Å²) in [6.45, 7) is 0. The Bertz CT molecular complexity index is 1140. The number of hydrogen-bond acceptors (Lipinski definition) is 5. The van der Waals surface area contributed by atoms with Crippen LogP contribution >= 0.6 is 11.8 Å². The first-order valence-electron chi connectivity index (χ1n) is 8.90. The highest BCUT2D eigenvalue weighted by atomic mass is 32.2. The third-order valence-corrected chi connectivity index (χ3v) is 5.05. The van der Waals surface area contributed by atoms with Crippen LogP contribution in [0.25, 0.3) is 0 Å². The Morgan fingerprint density at radius 3 is 2.43 bits per heavy atom. The van der Waals surface area contributed by atoms with E-state index in [1.165, 1.54) is 30.1 Å². The number of hydrogen-bond donors (Lipinski definition) is 3. The predicted molar refractivity (Wildman–Crippen MR) is 116 cm³/mol. The summed E-state index contributed by atoms with van der Waals surface area (Å²) in [6.07, 6.45) is 1.25. The zero-order chi connectivity index (χ0) is 21.3. The molecule has 0 radical (unpaired) electrons. The number of carbonyl (C=O) groups excluding carboxylic acids is 1. The molecule has 0 bridgehead atoms. The molecule has 3 N–H and O–H groups in total. The molecule has 0 aliphatic carbocycles. The minimum Gasteiger partial charge on any atom is -0.478 e. The van der Waals surface area contributed by atoms with E-state index in [1.807, 2.05) is 48.5 Å². The summed E-state index contributed by atoms with van der Waals surface area (Å²) in [5.41, 5.74) is 0.999. The number of para-hydroxylation sites is 1. The Morgan fingerprint density at radius 2 is 1.70 bits per heavy atom. The van der Waals surface area contributed by atoms with Gasteiger partial charge in [-0.3, -0.25) is 4.79 Å². The molecule has 0 atom stereocenters. The minimum absolute atomic E-state index is 0.100. The summed E-state index contributed by atoms with van der Waals surface area (Å²) in [4.78, 5) is 25.5. The highest BCUT2D eigenvalue weighted by molar-refractivity contribution is 7.99. The van der Waals surface area contributed by atoms with E-state index in [4.69, 9.17) is 5.11 Å². The summed E-state index contributed by atoms with van der Waals surface area (Å²) in [7, 11) is 0. The van der Waals surface area contributed by atoms with E-state index in [0.717, 1.165) is 9.79 Å². The molecule has 3 aromatic rings. The van der Waals surface area contributed by atoms with E-state index < -0.39 is 11.9 Å². The van der Waals surface area contributed by atoms with E-state index in [0.29, 0.717) is 11.4 Å². The number of carboxylic acids is 1. The van der Waals surface area contributed by atoms with Gasteiger partial charge in [-0.05, 0) is 42.5 Å². The molecule has 0 heterocycles. The van der Waals surface area contributed by atoms with Crippen LogP contribution in [-0.4, -0.2) is 17.0 Å². The molecule has 3 rings (SSSR count). The Hall–Kier alpha value is -4.02. The topological polar surface area (TPSA) is 102 Å². The van der Waals surface area contributed by atoms with E-state index in [1.54, 1.807) is 24.3 Å². The van der Waals surface area contributed by atoms with E-state index in [9.17, 15) is 14.9 Å². The highest BCUT2D eigenvalue weighted by Crippen LogP contribution is 2.33. The normalized spacial score (nSPS) is 10.7. The first-order valence-corrected chi connectivity index (χ1v) is 9.72. The van der Waals surface area contributed by atoms with Gasteiger partial charge in [0.05, 0.1) is 11.3 Å². The molecule has 30 heavy (non-hydrogen) atoms. The number of nitriles is 1. The van der Waals surface area contributed by atoms with E-state index in [-0.39, 0.29) is 11.1 Å². The van der Waals surface area contributed by atoms with Crippen molar-refractivity contribution in [3.8, 4) is 6.07 Å². The van der Waals surface area contributed by atoms with Gasteiger partial charge in [0.1, 0.15) is 11.6 Å². The average Bonchev–Trinajstić information content (AvgIpc) is 2.76. The summed E-state index contributed by atoms with van der Waals surface area (Å²) in [5, 5.41) is 24.0. The lowest BCUT2D eigenvalue weighted by molar-refractivity contribution is -0.112. The number of carbonyl (C=O) groups is 2. The molecule has 0 aromatic heterocycles. The Balaban J connectivity index is 1.74. The third-order valence-electron chi connectivity index (χ3n) is 3.96. The molecule has 148 valence electrons. The lowest BCUT2D eigenvalue weighted by Gasteiger charge is -2.10. The fourth-order valence-electron chi connectivity index (χ4n) is 2.51. The number of nitrogens with zero attached hydrogens (tertiary/aromatic N) is 1. The molecule has 6 nitrogen and oxygen atoms in total. The zero-order valence-corrected chi connectivity index (χ0v) is 16.5.